The lowest BCUT2D eigenvalue weighted by atomic mass is 10.0. The summed E-state index contributed by atoms with van der Waals surface area (Å²) in [4.78, 5) is 43.1. The van der Waals surface area contributed by atoms with Crippen molar-refractivity contribution in [3.05, 3.63) is 89.1 Å². The summed E-state index contributed by atoms with van der Waals surface area (Å²) in [5.41, 5.74) is 1.54. The minimum Gasteiger partial charge on any atom is -0.467 e. The number of imide groups is 1. The van der Waals surface area contributed by atoms with Crippen LogP contribution in [0.5, 0.6) is 0 Å². The second kappa shape index (κ2) is 7.11. The number of nitrogens with zero attached hydrogens (tertiary/aromatic N) is 2. The fraction of sp³-hybridized carbons (Fsp3) is 0.143. The van der Waals surface area contributed by atoms with Gasteiger partial charge in [-0.3, -0.25) is 24.3 Å². The molecular weight excluding hydrogens is 358 g/mol. The third-order valence-electron chi connectivity index (χ3n) is 4.61. The molecule has 0 bridgehead atoms. The Morgan fingerprint density at radius 1 is 1.11 bits per heavy atom. The van der Waals surface area contributed by atoms with Gasteiger partial charge in [0.05, 0.1) is 35.7 Å². The number of benzene rings is 1. The van der Waals surface area contributed by atoms with E-state index in [1.165, 1.54) is 18.4 Å². The number of furan rings is 1. The van der Waals surface area contributed by atoms with Crippen LogP contribution in [-0.4, -0.2) is 27.6 Å². The van der Waals surface area contributed by atoms with E-state index in [0.29, 0.717) is 11.3 Å². The molecule has 1 aliphatic heterocycles. The summed E-state index contributed by atoms with van der Waals surface area (Å²) in [7, 11) is 0. The van der Waals surface area contributed by atoms with Gasteiger partial charge in [-0.15, -0.1) is 0 Å². The lowest BCUT2D eigenvalue weighted by molar-refractivity contribution is 0.0631. The minimum absolute atomic E-state index is 0.0532. The molecule has 1 unspecified atom stereocenters. The van der Waals surface area contributed by atoms with Crippen LogP contribution in [0.4, 0.5) is 0 Å². The molecule has 3 heterocycles. The molecule has 2 aromatic heterocycles. The Labute approximate surface area is 161 Å². The summed E-state index contributed by atoms with van der Waals surface area (Å²) in [5, 5.41) is 2.85. The average Bonchev–Trinajstić information content (AvgIpc) is 3.31. The van der Waals surface area contributed by atoms with Crippen LogP contribution < -0.4 is 5.32 Å². The number of nitrogens with one attached hydrogen (secondary N) is 1. The highest BCUT2D eigenvalue weighted by atomic mass is 16.3. The molecule has 0 saturated carbocycles. The Morgan fingerprint density at radius 2 is 1.93 bits per heavy atom. The smallest absolute Gasteiger partial charge is 0.261 e. The van der Waals surface area contributed by atoms with Crippen LogP contribution in [0.25, 0.3) is 0 Å². The lowest BCUT2D eigenvalue weighted by Gasteiger charge is -2.13. The summed E-state index contributed by atoms with van der Waals surface area (Å²) in [6, 6.07) is 13.1. The predicted octanol–water partition coefficient (Wildman–Crippen LogP) is 2.96. The Morgan fingerprint density at radius 3 is 2.64 bits per heavy atom. The van der Waals surface area contributed by atoms with Gasteiger partial charge in [0.25, 0.3) is 17.7 Å². The van der Waals surface area contributed by atoms with E-state index in [0.717, 1.165) is 10.6 Å². The molecule has 0 spiro atoms. The van der Waals surface area contributed by atoms with E-state index in [9.17, 15) is 14.4 Å². The fourth-order valence-electron chi connectivity index (χ4n) is 3.12. The van der Waals surface area contributed by atoms with E-state index in [4.69, 9.17) is 4.42 Å². The molecule has 0 aliphatic carbocycles. The molecule has 7 heteroatoms. The van der Waals surface area contributed by atoms with Gasteiger partial charge in [0, 0.05) is 11.8 Å². The number of carbonyl (C=O) groups is 3. The standard InChI is InChI=1S/C21H17N3O4/c1-13(18-6-2-3-9-22-18)23-19(25)14-7-8-16-17(11-14)21(27)24(20(16)26)12-15-5-4-10-28-15/h2-11,13H,12H2,1H3,(H,23,25). The zero-order chi connectivity index (χ0) is 19.7. The van der Waals surface area contributed by atoms with Gasteiger partial charge < -0.3 is 9.73 Å². The molecule has 4 rings (SSSR count). The van der Waals surface area contributed by atoms with Crippen molar-refractivity contribution in [1.82, 2.24) is 15.2 Å². The van der Waals surface area contributed by atoms with Crippen LogP contribution in [0.3, 0.4) is 0 Å². The molecule has 140 valence electrons. The molecule has 3 aromatic rings. The fourth-order valence-corrected chi connectivity index (χ4v) is 3.12. The number of pyridine rings is 1. The van der Waals surface area contributed by atoms with Crippen LogP contribution in [-0.2, 0) is 6.54 Å². The molecule has 28 heavy (non-hydrogen) atoms. The molecule has 1 aromatic carbocycles. The van der Waals surface area contributed by atoms with Crippen LogP contribution in [0, 0.1) is 0 Å². The van der Waals surface area contributed by atoms with E-state index < -0.39 is 11.8 Å². The number of amides is 3. The highest BCUT2D eigenvalue weighted by molar-refractivity contribution is 6.22. The summed E-state index contributed by atoms with van der Waals surface area (Å²) >= 11 is 0. The number of aromatic nitrogens is 1. The van der Waals surface area contributed by atoms with Gasteiger partial charge in [0.1, 0.15) is 5.76 Å². The predicted molar refractivity (Wildman–Crippen MR) is 99.5 cm³/mol. The van der Waals surface area contributed by atoms with Crippen LogP contribution in [0.2, 0.25) is 0 Å². The van der Waals surface area contributed by atoms with Crippen molar-refractivity contribution in [2.24, 2.45) is 0 Å². The molecule has 1 aliphatic rings. The number of carbonyl (C=O) groups excluding carboxylic acids is 3. The molecular formula is C21H17N3O4. The topological polar surface area (TPSA) is 92.5 Å². The maximum atomic E-state index is 12.7. The average molecular weight is 375 g/mol. The van der Waals surface area contributed by atoms with Crippen LogP contribution in [0.15, 0.2) is 65.4 Å². The van der Waals surface area contributed by atoms with Crippen molar-refractivity contribution in [2.45, 2.75) is 19.5 Å². The van der Waals surface area contributed by atoms with E-state index in [2.05, 4.69) is 10.3 Å². The molecule has 3 amide bonds. The number of fused-ring (bicyclic) bond motifs is 1. The summed E-state index contributed by atoms with van der Waals surface area (Å²) in [6.07, 6.45) is 3.14. The second-order valence-electron chi connectivity index (χ2n) is 6.49. The molecule has 7 nitrogen and oxygen atoms in total. The maximum absolute atomic E-state index is 12.7. The van der Waals surface area contributed by atoms with Gasteiger partial charge in [-0.25, -0.2) is 0 Å². The minimum atomic E-state index is -0.441. The van der Waals surface area contributed by atoms with Crippen molar-refractivity contribution in [3.63, 3.8) is 0 Å². The summed E-state index contributed by atoms with van der Waals surface area (Å²) in [6.45, 7) is 1.88. The van der Waals surface area contributed by atoms with Crippen molar-refractivity contribution in [3.8, 4) is 0 Å². The van der Waals surface area contributed by atoms with Crippen molar-refractivity contribution in [2.75, 3.05) is 0 Å². The number of rotatable bonds is 5. The first kappa shape index (κ1) is 17.7. The van der Waals surface area contributed by atoms with E-state index in [-0.39, 0.29) is 29.6 Å². The van der Waals surface area contributed by atoms with Crippen LogP contribution in [0.1, 0.15) is 55.5 Å². The lowest BCUT2D eigenvalue weighted by Crippen LogP contribution is -2.29. The highest BCUT2D eigenvalue weighted by Gasteiger charge is 2.36. The molecule has 1 N–H and O–H groups in total. The third-order valence-corrected chi connectivity index (χ3v) is 4.61. The Kier molecular flexibility index (Phi) is 4.49. The van der Waals surface area contributed by atoms with Gasteiger partial charge >= 0.3 is 0 Å². The molecule has 0 saturated heterocycles. The van der Waals surface area contributed by atoms with Gasteiger partial charge in [-0.2, -0.15) is 0 Å². The van der Waals surface area contributed by atoms with Crippen molar-refractivity contribution >= 4 is 17.7 Å². The second-order valence-corrected chi connectivity index (χ2v) is 6.49. The number of hydrogen-bond acceptors (Lipinski definition) is 5. The molecule has 0 radical (unpaired) electrons. The Hall–Kier alpha value is -3.74. The van der Waals surface area contributed by atoms with Crippen LogP contribution >= 0.6 is 0 Å². The SMILES string of the molecule is CC(NC(=O)c1ccc2c(c1)C(=O)N(Cc1ccco1)C2=O)c1ccccn1. The van der Waals surface area contributed by atoms with Gasteiger partial charge in [-0.05, 0) is 49.4 Å². The number of hydrogen-bond donors (Lipinski definition) is 1. The van der Waals surface area contributed by atoms with Gasteiger partial charge in [0.15, 0.2) is 0 Å². The first-order chi connectivity index (χ1) is 13.5. The van der Waals surface area contributed by atoms with E-state index >= 15 is 0 Å². The maximum Gasteiger partial charge on any atom is 0.261 e. The van der Waals surface area contributed by atoms with Crippen molar-refractivity contribution < 1.29 is 18.8 Å². The van der Waals surface area contributed by atoms with Gasteiger partial charge in [-0.1, -0.05) is 6.07 Å². The monoisotopic (exact) mass is 375 g/mol. The zero-order valence-electron chi connectivity index (χ0n) is 15.1. The zero-order valence-corrected chi connectivity index (χ0v) is 15.1. The van der Waals surface area contributed by atoms with E-state index in [1.54, 1.807) is 30.5 Å². The molecule has 0 fully saturated rings. The van der Waals surface area contributed by atoms with Gasteiger partial charge in [0.2, 0.25) is 0 Å². The summed E-state index contributed by atoms with van der Waals surface area (Å²) in [5.74, 6) is -0.670. The first-order valence-corrected chi connectivity index (χ1v) is 8.79. The normalized spacial score (nSPS) is 14.1. The Bertz CT molecular complexity index is 1040. The highest BCUT2D eigenvalue weighted by Crippen LogP contribution is 2.26. The largest absolute Gasteiger partial charge is 0.467 e. The molecule has 1 atom stereocenters. The quantitative estimate of drug-likeness (QED) is 0.692. The van der Waals surface area contributed by atoms with E-state index in [1.807, 2.05) is 19.1 Å². The Balaban J connectivity index is 1.53. The summed E-state index contributed by atoms with van der Waals surface area (Å²) < 4.78 is 5.22. The third kappa shape index (κ3) is 3.18. The first-order valence-electron chi connectivity index (χ1n) is 8.79. The van der Waals surface area contributed by atoms with Crippen molar-refractivity contribution in [1.29, 1.82) is 0 Å².